The molecule has 0 aliphatic carbocycles. The normalized spacial score (nSPS) is 25.7. The molecule has 2 amide bonds. The summed E-state index contributed by atoms with van der Waals surface area (Å²) in [6.07, 6.45) is 5.71. The number of carbonyl (C=O) groups excluding carboxylic acids is 2. The fourth-order valence-corrected chi connectivity index (χ4v) is 3.70. The van der Waals surface area contributed by atoms with Gasteiger partial charge in [-0.2, -0.15) is 0 Å². The van der Waals surface area contributed by atoms with Crippen LogP contribution in [-0.4, -0.2) is 70.2 Å². The van der Waals surface area contributed by atoms with Gasteiger partial charge in [-0.15, -0.1) is 6.58 Å². The van der Waals surface area contributed by atoms with Gasteiger partial charge in [0.25, 0.3) is 0 Å². The van der Waals surface area contributed by atoms with Crippen LogP contribution in [0.4, 0.5) is 0 Å². The van der Waals surface area contributed by atoms with Crippen LogP contribution in [0.5, 0.6) is 0 Å². The van der Waals surface area contributed by atoms with E-state index in [0.717, 1.165) is 25.7 Å². The number of likely N-dealkylation sites (tertiary alicyclic amines) is 2. The van der Waals surface area contributed by atoms with Gasteiger partial charge >= 0.3 is 0 Å². The van der Waals surface area contributed by atoms with Crippen molar-refractivity contribution in [1.82, 2.24) is 9.80 Å². The van der Waals surface area contributed by atoms with Gasteiger partial charge < -0.3 is 20.0 Å². The first kappa shape index (κ1) is 17.9. The van der Waals surface area contributed by atoms with E-state index in [0.29, 0.717) is 19.5 Å². The molecule has 2 fully saturated rings. The van der Waals surface area contributed by atoms with E-state index in [1.165, 1.54) is 0 Å². The Hall–Kier alpha value is -1.40. The fraction of sp³-hybridized carbons (Fsp3) is 0.765. The summed E-state index contributed by atoms with van der Waals surface area (Å²) in [5.41, 5.74) is 0. The number of hydrogen-bond donors (Lipinski definition) is 2. The summed E-state index contributed by atoms with van der Waals surface area (Å²) in [5.74, 6) is -0.553. The van der Waals surface area contributed by atoms with E-state index in [2.05, 4.69) is 6.58 Å². The number of carbonyl (C=O) groups is 2. The SMILES string of the molecule is C=CCC(CC(=O)N1CCCC1CO)C(=O)N1CCCC1CO. The molecule has 2 aliphatic heterocycles. The molecular formula is C17H28N2O4. The molecule has 0 spiro atoms. The van der Waals surface area contributed by atoms with Crippen LogP contribution < -0.4 is 0 Å². The molecule has 0 saturated carbocycles. The third kappa shape index (κ3) is 4.12. The predicted octanol–water partition coefficient (Wildman–Crippen LogP) is 0.535. The number of amides is 2. The van der Waals surface area contributed by atoms with Gasteiger partial charge in [0.1, 0.15) is 0 Å². The van der Waals surface area contributed by atoms with Gasteiger partial charge in [-0.25, -0.2) is 0 Å². The highest BCUT2D eigenvalue weighted by Crippen LogP contribution is 2.25. The summed E-state index contributed by atoms with van der Waals surface area (Å²) in [6, 6.07) is -0.235. The lowest BCUT2D eigenvalue weighted by Crippen LogP contribution is -2.44. The Morgan fingerprint density at radius 2 is 1.65 bits per heavy atom. The Bertz CT molecular complexity index is 440. The van der Waals surface area contributed by atoms with Crippen molar-refractivity contribution in [1.29, 1.82) is 0 Å². The Kier molecular flexibility index (Phi) is 6.59. The number of hydrogen-bond acceptors (Lipinski definition) is 4. The molecule has 6 nitrogen and oxygen atoms in total. The lowest BCUT2D eigenvalue weighted by molar-refractivity contribution is -0.142. The molecule has 23 heavy (non-hydrogen) atoms. The lowest BCUT2D eigenvalue weighted by atomic mass is 9.98. The summed E-state index contributed by atoms with van der Waals surface area (Å²) in [7, 11) is 0. The van der Waals surface area contributed by atoms with E-state index in [-0.39, 0.29) is 43.5 Å². The molecule has 2 aliphatic rings. The van der Waals surface area contributed by atoms with Crippen LogP contribution >= 0.6 is 0 Å². The first-order chi connectivity index (χ1) is 11.1. The van der Waals surface area contributed by atoms with Gasteiger partial charge in [-0.05, 0) is 32.1 Å². The van der Waals surface area contributed by atoms with Crippen LogP contribution in [0.3, 0.4) is 0 Å². The molecule has 2 heterocycles. The zero-order valence-electron chi connectivity index (χ0n) is 13.7. The van der Waals surface area contributed by atoms with E-state index in [1.807, 2.05) is 0 Å². The van der Waals surface area contributed by atoms with Crippen molar-refractivity contribution in [3.63, 3.8) is 0 Å². The van der Waals surface area contributed by atoms with Crippen LogP contribution in [-0.2, 0) is 9.59 Å². The predicted molar refractivity (Wildman–Crippen MR) is 86.6 cm³/mol. The zero-order chi connectivity index (χ0) is 16.8. The average molecular weight is 324 g/mol. The summed E-state index contributed by atoms with van der Waals surface area (Å²) in [6.45, 7) is 4.95. The standard InChI is InChI=1S/C17H28N2O4/c1-2-5-13(17(23)19-9-4-7-15(19)12-21)10-16(22)18-8-3-6-14(18)11-20/h2,13-15,20-21H,1,3-12H2. The molecule has 2 rings (SSSR count). The third-order valence-corrected chi connectivity index (χ3v) is 5.00. The molecule has 3 unspecified atom stereocenters. The Morgan fingerprint density at radius 3 is 2.22 bits per heavy atom. The van der Waals surface area contributed by atoms with E-state index in [1.54, 1.807) is 15.9 Å². The van der Waals surface area contributed by atoms with Crippen molar-refractivity contribution in [3.8, 4) is 0 Å². The second kappa shape index (κ2) is 8.45. The first-order valence-corrected chi connectivity index (χ1v) is 8.54. The van der Waals surface area contributed by atoms with Gasteiger partial charge in [0.15, 0.2) is 0 Å². The van der Waals surface area contributed by atoms with Crippen LogP contribution in [0, 0.1) is 5.92 Å². The zero-order valence-corrected chi connectivity index (χ0v) is 13.7. The maximum atomic E-state index is 12.8. The van der Waals surface area contributed by atoms with Crippen LogP contribution in [0.15, 0.2) is 12.7 Å². The maximum Gasteiger partial charge on any atom is 0.226 e. The maximum absolute atomic E-state index is 12.8. The molecule has 0 aromatic rings. The first-order valence-electron chi connectivity index (χ1n) is 8.54. The molecule has 6 heteroatoms. The Morgan fingerprint density at radius 1 is 1.09 bits per heavy atom. The minimum atomic E-state index is -0.424. The second-order valence-corrected chi connectivity index (χ2v) is 6.50. The molecule has 2 N–H and O–H groups in total. The molecule has 0 radical (unpaired) electrons. The topological polar surface area (TPSA) is 81.1 Å². The second-order valence-electron chi connectivity index (χ2n) is 6.50. The summed E-state index contributed by atoms with van der Waals surface area (Å²) < 4.78 is 0. The highest BCUT2D eigenvalue weighted by Gasteiger charge is 2.35. The van der Waals surface area contributed by atoms with E-state index < -0.39 is 5.92 Å². The molecule has 3 atom stereocenters. The average Bonchev–Trinajstić information content (AvgIpc) is 3.21. The highest BCUT2D eigenvalue weighted by atomic mass is 16.3. The summed E-state index contributed by atoms with van der Waals surface area (Å²) >= 11 is 0. The number of aliphatic hydroxyl groups is 2. The number of nitrogens with zero attached hydrogens (tertiary/aromatic N) is 2. The molecule has 0 aromatic heterocycles. The van der Waals surface area contributed by atoms with Crippen molar-refractivity contribution in [2.45, 2.75) is 50.6 Å². The Labute approximate surface area is 137 Å². The van der Waals surface area contributed by atoms with Gasteiger partial charge in [-0.3, -0.25) is 9.59 Å². The third-order valence-electron chi connectivity index (χ3n) is 5.00. The lowest BCUT2D eigenvalue weighted by Gasteiger charge is -2.29. The van der Waals surface area contributed by atoms with Crippen LogP contribution in [0.2, 0.25) is 0 Å². The van der Waals surface area contributed by atoms with Crippen molar-refractivity contribution in [2.24, 2.45) is 5.92 Å². The minimum absolute atomic E-state index is 0.0233. The van der Waals surface area contributed by atoms with Crippen molar-refractivity contribution in [3.05, 3.63) is 12.7 Å². The fourth-order valence-electron chi connectivity index (χ4n) is 3.70. The molecule has 0 bridgehead atoms. The van der Waals surface area contributed by atoms with Crippen LogP contribution in [0.25, 0.3) is 0 Å². The molecule has 2 saturated heterocycles. The Balaban J connectivity index is 2.01. The van der Waals surface area contributed by atoms with Crippen molar-refractivity contribution >= 4 is 11.8 Å². The quantitative estimate of drug-likeness (QED) is 0.670. The number of aliphatic hydroxyl groups excluding tert-OH is 2. The number of allylic oxidation sites excluding steroid dienone is 1. The molecular weight excluding hydrogens is 296 g/mol. The minimum Gasteiger partial charge on any atom is -0.394 e. The van der Waals surface area contributed by atoms with Crippen molar-refractivity contribution in [2.75, 3.05) is 26.3 Å². The monoisotopic (exact) mass is 324 g/mol. The summed E-state index contributed by atoms with van der Waals surface area (Å²) in [5, 5.41) is 18.8. The highest BCUT2D eigenvalue weighted by molar-refractivity contribution is 5.86. The largest absolute Gasteiger partial charge is 0.394 e. The van der Waals surface area contributed by atoms with Crippen molar-refractivity contribution < 1.29 is 19.8 Å². The smallest absolute Gasteiger partial charge is 0.226 e. The van der Waals surface area contributed by atoms with Crippen LogP contribution in [0.1, 0.15) is 38.5 Å². The van der Waals surface area contributed by atoms with Gasteiger partial charge in [-0.1, -0.05) is 6.08 Å². The molecule has 130 valence electrons. The molecule has 0 aromatic carbocycles. The number of rotatable bonds is 7. The summed E-state index contributed by atoms with van der Waals surface area (Å²) in [4.78, 5) is 28.7. The van der Waals surface area contributed by atoms with E-state index in [9.17, 15) is 19.8 Å². The van der Waals surface area contributed by atoms with Gasteiger partial charge in [0.05, 0.1) is 31.2 Å². The van der Waals surface area contributed by atoms with Gasteiger partial charge in [0, 0.05) is 19.5 Å². The van der Waals surface area contributed by atoms with Gasteiger partial charge in [0.2, 0.25) is 11.8 Å². The van der Waals surface area contributed by atoms with E-state index in [4.69, 9.17) is 0 Å². The van der Waals surface area contributed by atoms with E-state index >= 15 is 0 Å².